The van der Waals surface area contributed by atoms with Gasteiger partial charge in [0.05, 0.1) is 11.5 Å². The number of nitrogens with one attached hydrogen (secondary N) is 1. The molecule has 1 N–H and O–H groups in total. The van der Waals surface area contributed by atoms with Crippen LogP contribution in [-0.2, 0) is 27.7 Å². The number of rotatable bonds is 6. The second kappa shape index (κ2) is 8.55. The number of nitrogens with zero attached hydrogens (tertiary/aromatic N) is 1. The quantitative estimate of drug-likeness (QED) is 0.786. The molecule has 154 valence electrons. The number of anilines is 1. The highest BCUT2D eigenvalue weighted by molar-refractivity contribution is 7.89. The van der Waals surface area contributed by atoms with Crippen molar-refractivity contribution < 1.29 is 17.9 Å². The summed E-state index contributed by atoms with van der Waals surface area (Å²) in [5.41, 5.74) is 2.84. The molecule has 0 bridgehead atoms. The summed E-state index contributed by atoms with van der Waals surface area (Å²) in [7, 11) is -3.41. The van der Waals surface area contributed by atoms with Crippen LogP contribution in [0.1, 0.15) is 36.8 Å². The van der Waals surface area contributed by atoms with Crippen molar-refractivity contribution in [2.24, 2.45) is 0 Å². The van der Waals surface area contributed by atoms with Crippen molar-refractivity contribution in [3.63, 3.8) is 0 Å². The van der Waals surface area contributed by atoms with Crippen LogP contribution in [0.3, 0.4) is 0 Å². The topological polar surface area (TPSA) is 75.7 Å². The second-order valence-corrected chi connectivity index (χ2v) is 9.52. The third-order valence-electron chi connectivity index (χ3n) is 5.49. The van der Waals surface area contributed by atoms with E-state index in [2.05, 4.69) is 5.32 Å². The zero-order chi connectivity index (χ0) is 20.3. The van der Waals surface area contributed by atoms with Crippen LogP contribution in [-0.4, -0.2) is 38.3 Å². The summed E-state index contributed by atoms with van der Waals surface area (Å²) in [6.07, 6.45) is 4.70. The molecule has 0 unspecified atom stereocenters. The van der Waals surface area contributed by atoms with Crippen LogP contribution in [0.15, 0.2) is 47.4 Å². The molecule has 0 aromatic heterocycles. The third kappa shape index (κ3) is 4.62. The molecule has 4 rings (SSSR count). The van der Waals surface area contributed by atoms with Gasteiger partial charge in [0.2, 0.25) is 15.9 Å². The Morgan fingerprint density at radius 2 is 1.79 bits per heavy atom. The molecular formula is C22H26N2O4S. The zero-order valence-corrected chi connectivity index (χ0v) is 17.2. The number of carbonyl (C=O) groups excluding carboxylic acids is 1. The molecule has 2 aliphatic rings. The number of piperidine rings is 1. The minimum Gasteiger partial charge on any atom is -0.493 e. The van der Waals surface area contributed by atoms with Crippen molar-refractivity contribution in [2.75, 3.05) is 25.0 Å². The molecule has 1 saturated heterocycles. The maximum absolute atomic E-state index is 12.7. The lowest BCUT2D eigenvalue weighted by Crippen LogP contribution is -2.35. The molecular weight excluding hydrogens is 388 g/mol. The SMILES string of the molecule is O=C(CCc1ccc(S(=O)(=O)N2CCCCC2)cc1)Nc1ccc2c(c1)CCO2. The molecule has 6 nitrogen and oxygen atoms in total. The smallest absolute Gasteiger partial charge is 0.243 e. The molecule has 0 atom stereocenters. The Hall–Kier alpha value is -2.38. The van der Waals surface area contributed by atoms with E-state index < -0.39 is 10.0 Å². The van der Waals surface area contributed by atoms with E-state index in [0.717, 1.165) is 48.2 Å². The Balaban J connectivity index is 1.32. The molecule has 2 aromatic carbocycles. The molecule has 2 aromatic rings. The average Bonchev–Trinajstić information content (AvgIpc) is 3.21. The summed E-state index contributed by atoms with van der Waals surface area (Å²) in [4.78, 5) is 12.6. The molecule has 7 heteroatoms. The molecule has 0 saturated carbocycles. The number of aryl methyl sites for hydroxylation is 1. The standard InChI is InChI=1S/C22H26N2O4S/c25-22(23-19-7-10-21-18(16-19)12-15-28-21)11-6-17-4-8-20(9-5-17)29(26,27)24-13-2-1-3-14-24/h4-5,7-10,16H,1-3,6,11-15H2,(H,23,25). The summed E-state index contributed by atoms with van der Waals surface area (Å²) in [5.74, 6) is 0.830. The number of amides is 1. The van der Waals surface area contributed by atoms with Gasteiger partial charge in [-0.1, -0.05) is 18.6 Å². The van der Waals surface area contributed by atoms with Crippen molar-refractivity contribution in [1.82, 2.24) is 4.31 Å². The highest BCUT2D eigenvalue weighted by Crippen LogP contribution is 2.28. The first kappa shape index (κ1) is 19.9. The lowest BCUT2D eigenvalue weighted by atomic mass is 10.1. The summed E-state index contributed by atoms with van der Waals surface area (Å²) < 4.78 is 32.5. The van der Waals surface area contributed by atoms with E-state index in [1.165, 1.54) is 0 Å². The highest BCUT2D eigenvalue weighted by atomic mass is 32.2. The van der Waals surface area contributed by atoms with Gasteiger partial charge in [0.25, 0.3) is 0 Å². The lowest BCUT2D eigenvalue weighted by molar-refractivity contribution is -0.116. The van der Waals surface area contributed by atoms with Crippen molar-refractivity contribution in [3.05, 3.63) is 53.6 Å². The van der Waals surface area contributed by atoms with Gasteiger partial charge < -0.3 is 10.1 Å². The minimum absolute atomic E-state index is 0.0612. The molecule has 2 heterocycles. The van der Waals surface area contributed by atoms with Crippen LogP contribution >= 0.6 is 0 Å². The Labute approximate surface area is 171 Å². The number of hydrogen-bond acceptors (Lipinski definition) is 4. The highest BCUT2D eigenvalue weighted by Gasteiger charge is 2.25. The Bertz CT molecular complexity index is 980. The van der Waals surface area contributed by atoms with Crippen LogP contribution in [0.25, 0.3) is 0 Å². The fourth-order valence-corrected chi connectivity index (χ4v) is 5.35. The summed E-state index contributed by atoms with van der Waals surface area (Å²) >= 11 is 0. The van der Waals surface area contributed by atoms with Crippen LogP contribution < -0.4 is 10.1 Å². The minimum atomic E-state index is -3.41. The lowest BCUT2D eigenvalue weighted by Gasteiger charge is -2.25. The fraction of sp³-hybridized carbons (Fsp3) is 0.409. The molecule has 2 aliphatic heterocycles. The summed E-state index contributed by atoms with van der Waals surface area (Å²) in [5, 5.41) is 2.92. The van der Waals surface area contributed by atoms with Gasteiger partial charge in [-0.3, -0.25) is 4.79 Å². The monoisotopic (exact) mass is 414 g/mol. The van der Waals surface area contributed by atoms with E-state index in [4.69, 9.17) is 4.74 Å². The molecule has 1 fully saturated rings. The van der Waals surface area contributed by atoms with Crippen molar-refractivity contribution in [2.45, 2.75) is 43.4 Å². The van der Waals surface area contributed by atoms with E-state index in [1.807, 2.05) is 18.2 Å². The van der Waals surface area contributed by atoms with Gasteiger partial charge in [-0.15, -0.1) is 0 Å². The number of hydrogen-bond donors (Lipinski definition) is 1. The first-order chi connectivity index (χ1) is 14.0. The van der Waals surface area contributed by atoms with Crippen LogP contribution in [0.5, 0.6) is 5.75 Å². The maximum Gasteiger partial charge on any atom is 0.243 e. The van der Waals surface area contributed by atoms with Crippen LogP contribution in [0, 0.1) is 0 Å². The first-order valence-corrected chi connectivity index (χ1v) is 11.6. The Kier molecular flexibility index (Phi) is 5.87. The number of carbonyl (C=O) groups is 1. The number of ether oxygens (including phenoxy) is 1. The van der Waals surface area contributed by atoms with Gasteiger partial charge in [0.15, 0.2) is 0 Å². The van der Waals surface area contributed by atoms with Gasteiger partial charge in [0, 0.05) is 31.6 Å². The van der Waals surface area contributed by atoms with E-state index >= 15 is 0 Å². The molecule has 0 aliphatic carbocycles. The van der Waals surface area contributed by atoms with E-state index in [1.54, 1.807) is 28.6 Å². The Morgan fingerprint density at radius 1 is 1.03 bits per heavy atom. The van der Waals surface area contributed by atoms with E-state index in [9.17, 15) is 13.2 Å². The van der Waals surface area contributed by atoms with E-state index in [-0.39, 0.29) is 5.91 Å². The molecule has 1 amide bonds. The maximum atomic E-state index is 12.7. The van der Waals surface area contributed by atoms with Crippen LogP contribution in [0.4, 0.5) is 5.69 Å². The van der Waals surface area contributed by atoms with Gasteiger partial charge in [0.1, 0.15) is 5.75 Å². The predicted octanol–water partition coefficient (Wildman–Crippen LogP) is 3.37. The number of benzene rings is 2. The largest absolute Gasteiger partial charge is 0.493 e. The number of fused-ring (bicyclic) bond motifs is 1. The first-order valence-electron chi connectivity index (χ1n) is 10.2. The zero-order valence-electron chi connectivity index (χ0n) is 16.4. The third-order valence-corrected chi connectivity index (χ3v) is 7.40. The van der Waals surface area contributed by atoms with Gasteiger partial charge in [-0.2, -0.15) is 4.31 Å². The van der Waals surface area contributed by atoms with Crippen molar-refractivity contribution in [1.29, 1.82) is 0 Å². The van der Waals surface area contributed by atoms with Crippen LogP contribution in [0.2, 0.25) is 0 Å². The normalized spacial score (nSPS) is 16.8. The average molecular weight is 415 g/mol. The van der Waals surface area contributed by atoms with Crippen molar-refractivity contribution in [3.8, 4) is 5.75 Å². The Morgan fingerprint density at radius 3 is 2.55 bits per heavy atom. The molecule has 0 spiro atoms. The second-order valence-electron chi connectivity index (χ2n) is 7.58. The number of sulfonamides is 1. The fourth-order valence-electron chi connectivity index (χ4n) is 3.83. The predicted molar refractivity (Wildman–Crippen MR) is 112 cm³/mol. The molecule has 0 radical (unpaired) electrons. The molecule has 29 heavy (non-hydrogen) atoms. The van der Waals surface area contributed by atoms with Crippen molar-refractivity contribution >= 4 is 21.6 Å². The summed E-state index contributed by atoms with van der Waals surface area (Å²) in [6.45, 7) is 1.88. The summed E-state index contributed by atoms with van der Waals surface area (Å²) in [6, 6.07) is 12.6. The van der Waals surface area contributed by atoms with E-state index in [0.29, 0.717) is 37.4 Å². The van der Waals surface area contributed by atoms with Gasteiger partial charge in [-0.25, -0.2) is 8.42 Å². The van der Waals surface area contributed by atoms with Gasteiger partial charge in [-0.05, 0) is 60.7 Å². The van der Waals surface area contributed by atoms with Gasteiger partial charge >= 0.3 is 0 Å².